The summed E-state index contributed by atoms with van der Waals surface area (Å²) >= 11 is 7.41. The van der Waals surface area contributed by atoms with Crippen molar-refractivity contribution in [3.05, 3.63) is 51.9 Å². The van der Waals surface area contributed by atoms with E-state index in [1.54, 1.807) is 30.8 Å². The Bertz CT molecular complexity index is 870. The zero-order valence-electron chi connectivity index (χ0n) is 17.0. The number of nitrogens with zero attached hydrogens (tertiary/aromatic N) is 2. The highest BCUT2D eigenvalue weighted by Crippen LogP contribution is 2.35. The average Bonchev–Trinajstić information content (AvgIpc) is 3.20. The predicted octanol–water partition coefficient (Wildman–Crippen LogP) is 5.04. The number of hydrogen-bond acceptors (Lipinski definition) is 7. The van der Waals surface area contributed by atoms with Gasteiger partial charge in [0, 0.05) is 16.6 Å². The molecule has 0 bridgehead atoms. The first-order chi connectivity index (χ1) is 13.8. The molecule has 1 saturated carbocycles. The van der Waals surface area contributed by atoms with Gasteiger partial charge in [-0.15, -0.1) is 11.8 Å². The van der Waals surface area contributed by atoms with Crippen molar-refractivity contribution in [3.63, 3.8) is 0 Å². The third kappa shape index (κ3) is 6.72. The topological polar surface area (TPSA) is 78.4 Å². The standard InChI is InChI=1S/C13H17NO2S.C8H8ClNO2/c1-9-7-8-11(13(15)16-2)12(14-9)17-10-5-3-4-6-10;1-5-3-4-6(7(9)10-5)8(11)12-2/h7-8,10H,3-6H2,1-2H3;3-4H,1-2H3. The summed E-state index contributed by atoms with van der Waals surface area (Å²) in [5, 5.41) is 1.61. The maximum Gasteiger partial charge on any atom is 0.341 e. The molecule has 0 unspecified atom stereocenters. The van der Waals surface area contributed by atoms with Gasteiger partial charge in [-0.2, -0.15) is 0 Å². The maximum absolute atomic E-state index is 11.6. The minimum atomic E-state index is -0.465. The Kier molecular flexibility index (Phi) is 8.92. The van der Waals surface area contributed by atoms with Crippen LogP contribution in [0.3, 0.4) is 0 Å². The normalized spacial score (nSPS) is 13.4. The molecule has 0 saturated heterocycles. The number of thioether (sulfide) groups is 1. The van der Waals surface area contributed by atoms with Crippen molar-refractivity contribution >= 4 is 35.3 Å². The number of ether oxygens (including phenoxy) is 2. The Balaban J connectivity index is 0.000000221. The molecule has 0 atom stereocenters. The molecule has 29 heavy (non-hydrogen) atoms. The lowest BCUT2D eigenvalue weighted by atomic mass is 10.2. The maximum atomic E-state index is 11.6. The van der Waals surface area contributed by atoms with E-state index in [1.807, 2.05) is 19.1 Å². The summed E-state index contributed by atoms with van der Waals surface area (Å²) in [6, 6.07) is 6.96. The van der Waals surface area contributed by atoms with Gasteiger partial charge in [0.2, 0.25) is 0 Å². The first-order valence-corrected chi connectivity index (χ1v) is 10.6. The van der Waals surface area contributed by atoms with Gasteiger partial charge in [-0.1, -0.05) is 24.4 Å². The monoisotopic (exact) mass is 436 g/mol. The highest BCUT2D eigenvalue weighted by atomic mass is 35.5. The van der Waals surface area contributed by atoms with E-state index in [-0.39, 0.29) is 11.1 Å². The van der Waals surface area contributed by atoms with Crippen molar-refractivity contribution in [2.75, 3.05) is 14.2 Å². The predicted molar refractivity (Wildman–Crippen MR) is 114 cm³/mol. The molecule has 8 heteroatoms. The number of esters is 2. The van der Waals surface area contributed by atoms with Gasteiger partial charge in [-0.25, -0.2) is 19.6 Å². The van der Waals surface area contributed by atoms with Crippen LogP contribution in [0.1, 0.15) is 57.8 Å². The second-order valence-electron chi connectivity index (χ2n) is 6.60. The van der Waals surface area contributed by atoms with Gasteiger partial charge in [0.15, 0.2) is 0 Å². The molecule has 3 rings (SSSR count). The Morgan fingerprint density at radius 3 is 2.00 bits per heavy atom. The van der Waals surface area contributed by atoms with Gasteiger partial charge in [0.05, 0.1) is 25.3 Å². The summed E-state index contributed by atoms with van der Waals surface area (Å²) < 4.78 is 9.28. The summed E-state index contributed by atoms with van der Waals surface area (Å²) in [5.41, 5.74) is 2.60. The molecular formula is C21H25ClN2O4S. The number of aromatic nitrogens is 2. The minimum Gasteiger partial charge on any atom is -0.465 e. The highest BCUT2D eigenvalue weighted by Gasteiger charge is 2.21. The summed E-state index contributed by atoms with van der Waals surface area (Å²) in [7, 11) is 2.71. The molecule has 156 valence electrons. The SMILES string of the molecule is COC(=O)c1ccc(C)nc1Cl.COC(=O)c1ccc(C)nc1SC1CCCC1. The van der Waals surface area contributed by atoms with Crippen molar-refractivity contribution in [1.82, 2.24) is 9.97 Å². The lowest BCUT2D eigenvalue weighted by Crippen LogP contribution is -2.07. The summed E-state index contributed by atoms with van der Waals surface area (Å²) in [4.78, 5) is 31.0. The van der Waals surface area contributed by atoms with Crippen LogP contribution in [0, 0.1) is 13.8 Å². The number of hydrogen-bond donors (Lipinski definition) is 0. The van der Waals surface area contributed by atoms with Gasteiger partial charge >= 0.3 is 11.9 Å². The molecule has 2 aromatic heterocycles. The molecule has 0 radical (unpaired) electrons. The first kappa shape index (κ1) is 23.2. The summed E-state index contributed by atoms with van der Waals surface area (Å²) in [5.74, 6) is -0.759. The third-order valence-electron chi connectivity index (χ3n) is 4.38. The molecule has 2 heterocycles. The highest BCUT2D eigenvalue weighted by molar-refractivity contribution is 7.99. The fourth-order valence-electron chi connectivity index (χ4n) is 2.84. The zero-order chi connectivity index (χ0) is 21.4. The van der Waals surface area contributed by atoms with Crippen LogP contribution in [0.2, 0.25) is 5.15 Å². The molecule has 0 amide bonds. The van der Waals surface area contributed by atoms with Crippen molar-refractivity contribution < 1.29 is 19.1 Å². The third-order valence-corrected chi connectivity index (χ3v) is 6.01. The van der Waals surface area contributed by atoms with E-state index in [4.69, 9.17) is 16.3 Å². The van der Waals surface area contributed by atoms with Crippen LogP contribution in [-0.4, -0.2) is 41.4 Å². The van der Waals surface area contributed by atoms with E-state index in [2.05, 4.69) is 14.7 Å². The second-order valence-corrected chi connectivity index (χ2v) is 8.25. The lowest BCUT2D eigenvalue weighted by Gasteiger charge is -2.11. The van der Waals surface area contributed by atoms with Gasteiger partial charge in [-0.3, -0.25) is 0 Å². The molecule has 0 aliphatic heterocycles. The smallest absolute Gasteiger partial charge is 0.341 e. The number of methoxy groups -OCH3 is 2. The molecular weight excluding hydrogens is 412 g/mol. The Labute approximate surface area is 180 Å². The van der Waals surface area contributed by atoms with Crippen molar-refractivity contribution in [1.29, 1.82) is 0 Å². The van der Waals surface area contributed by atoms with Crippen LogP contribution in [0.15, 0.2) is 29.3 Å². The molecule has 6 nitrogen and oxygen atoms in total. The minimum absolute atomic E-state index is 0.182. The van der Waals surface area contributed by atoms with E-state index in [9.17, 15) is 9.59 Å². The van der Waals surface area contributed by atoms with Crippen LogP contribution >= 0.6 is 23.4 Å². The molecule has 1 fully saturated rings. The molecule has 0 aromatic carbocycles. The number of aryl methyl sites for hydroxylation is 2. The second kappa shape index (κ2) is 11.2. The Morgan fingerprint density at radius 2 is 1.45 bits per heavy atom. The van der Waals surface area contributed by atoms with Gasteiger partial charge < -0.3 is 9.47 Å². The largest absolute Gasteiger partial charge is 0.465 e. The molecule has 0 N–H and O–H groups in total. The summed E-state index contributed by atoms with van der Waals surface area (Å²) in [6.07, 6.45) is 5.02. The van der Waals surface area contributed by atoms with Crippen LogP contribution in [0.5, 0.6) is 0 Å². The van der Waals surface area contributed by atoms with Crippen LogP contribution < -0.4 is 0 Å². The van der Waals surface area contributed by atoms with E-state index >= 15 is 0 Å². The van der Waals surface area contributed by atoms with E-state index in [0.717, 1.165) is 16.4 Å². The van der Waals surface area contributed by atoms with Crippen molar-refractivity contribution in [2.45, 2.75) is 49.8 Å². The zero-order valence-corrected chi connectivity index (χ0v) is 18.6. The van der Waals surface area contributed by atoms with E-state index < -0.39 is 5.97 Å². The lowest BCUT2D eigenvalue weighted by molar-refractivity contribution is 0.0589. The quantitative estimate of drug-likeness (QED) is 0.490. The van der Waals surface area contributed by atoms with Crippen LogP contribution in [0.4, 0.5) is 0 Å². The number of halogens is 1. The Morgan fingerprint density at radius 1 is 0.931 bits per heavy atom. The fraction of sp³-hybridized carbons (Fsp3) is 0.429. The van der Waals surface area contributed by atoms with Crippen molar-refractivity contribution in [2.24, 2.45) is 0 Å². The number of pyridine rings is 2. The average molecular weight is 437 g/mol. The van der Waals surface area contributed by atoms with Crippen LogP contribution in [-0.2, 0) is 9.47 Å². The molecule has 1 aliphatic rings. The van der Waals surface area contributed by atoms with Gasteiger partial charge in [0.25, 0.3) is 0 Å². The van der Waals surface area contributed by atoms with E-state index in [1.165, 1.54) is 39.9 Å². The molecule has 0 spiro atoms. The molecule has 1 aliphatic carbocycles. The fourth-order valence-corrected chi connectivity index (χ4v) is 4.47. The van der Waals surface area contributed by atoms with Gasteiger partial charge in [-0.05, 0) is 51.0 Å². The van der Waals surface area contributed by atoms with Crippen LogP contribution in [0.25, 0.3) is 0 Å². The summed E-state index contributed by atoms with van der Waals surface area (Å²) in [6.45, 7) is 3.74. The van der Waals surface area contributed by atoms with Crippen molar-refractivity contribution in [3.8, 4) is 0 Å². The van der Waals surface area contributed by atoms with E-state index in [0.29, 0.717) is 16.4 Å². The molecule has 2 aromatic rings. The number of rotatable bonds is 4. The first-order valence-electron chi connectivity index (χ1n) is 9.29. The van der Waals surface area contributed by atoms with Gasteiger partial charge in [0.1, 0.15) is 10.2 Å². The number of carbonyl (C=O) groups is 2. The number of carbonyl (C=O) groups excluding carboxylic acids is 2. The Hall–Kier alpha value is -2.12.